The van der Waals surface area contributed by atoms with Gasteiger partial charge in [-0.05, 0) is 43.0 Å². The summed E-state index contributed by atoms with van der Waals surface area (Å²) in [5.41, 5.74) is 8.45. The predicted octanol–water partition coefficient (Wildman–Crippen LogP) is 3.41. The highest BCUT2D eigenvalue weighted by molar-refractivity contribution is 7.98. The average Bonchev–Trinajstić information content (AvgIpc) is 2.77. The second-order valence-corrected chi connectivity index (χ2v) is 5.83. The Hall–Kier alpha value is -1.67. The number of nitrogens with zero attached hydrogens (tertiary/aromatic N) is 3. The predicted molar refractivity (Wildman–Crippen MR) is 85.7 cm³/mol. The molecule has 2 aromatic rings. The number of aryl methyl sites for hydroxylation is 1. The molecule has 1 aromatic carbocycles. The number of thioether (sulfide) groups is 1. The van der Waals surface area contributed by atoms with Crippen molar-refractivity contribution in [2.75, 3.05) is 17.7 Å². The Kier molecular flexibility index (Phi) is 5.31. The molecular formula is C15H20N4S. The van der Waals surface area contributed by atoms with Crippen LogP contribution in [0.3, 0.4) is 0 Å². The van der Waals surface area contributed by atoms with Crippen molar-refractivity contribution in [3.05, 3.63) is 23.8 Å². The summed E-state index contributed by atoms with van der Waals surface area (Å²) < 4.78 is 2.02. The maximum atomic E-state index is 8.98. The fraction of sp³-hybridized carbons (Fsp3) is 0.467. The van der Waals surface area contributed by atoms with Crippen LogP contribution < -0.4 is 5.73 Å². The van der Waals surface area contributed by atoms with Gasteiger partial charge in [0.15, 0.2) is 0 Å². The normalized spacial score (nSPS) is 10.8. The fourth-order valence-corrected chi connectivity index (χ4v) is 2.81. The molecule has 0 fully saturated rings. The number of imidazole rings is 1. The Balaban J connectivity index is 2.02. The molecule has 4 nitrogen and oxygen atoms in total. The fourth-order valence-electron chi connectivity index (χ4n) is 2.32. The van der Waals surface area contributed by atoms with Gasteiger partial charge in [-0.2, -0.15) is 17.0 Å². The topological polar surface area (TPSA) is 67.6 Å². The lowest BCUT2D eigenvalue weighted by Gasteiger charge is -2.06. The molecule has 2 rings (SSSR count). The third kappa shape index (κ3) is 3.45. The third-order valence-corrected chi connectivity index (χ3v) is 4.08. The van der Waals surface area contributed by atoms with E-state index in [0.29, 0.717) is 11.5 Å². The number of hydrogen-bond acceptors (Lipinski definition) is 4. The van der Waals surface area contributed by atoms with Gasteiger partial charge in [0.2, 0.25) is 5.95 Å². The maximum Gasteiger partial charge on any atom is 0.201 e. The summed E-state index contributed by atoms with van der Waals surface area (Å²) in [6.45, 7) is 0.872. The summed E-state index contributed by atoms with van der Waals surface area (Å²) in [5, 5.41) is 8.98. The Morgan fingerprint density at radius 2 is 2.10 bits per heavy atom. The quantitative estimate of drug-likeness (QED) is 0.793. The van der Waals surface area contributed by atoms with Crippen molar-refractivity contribution in [3.8, 4) is 6.07 Å². The van der Waals surface area contributed by atoms with Crippen LogP contribution in [0.2, 0.25) is 0 Å². The van der Waals surface area contributed by atoms with E-state index < -0.39 is 0 Å². The van der Waals surface area contributed by atoms with Crippen molar-refractivity contribution < 1.29 is 0 Å². The lowest BCUT2D eigenvalue weighted by Crippen LogP contribution is -2.03. The van der Waals surface area contributed by atoms with E-state index >= 15 is 0 Å². The first-order valence-electron chi connectivity index (χ1n) is 6.91. The number of fused-ring (bicyclic) bond motifs is 1. The Labute approximate surface area is 124 Å². The SMILES string of the molecule is CSCCCCCCn1c(N)nc2ccc(C#N)cc21. The number of nitriles is 1. The molecular weight excluding hydrogens is 268 g/mol. The largest absolute Gasteiger partial charge is 0.369 e. The number of nitrogen functional groups attached to an aromatic ring is 1. The minimum atomic E-state index is 0.541. The first-order valence-corrected chi connectivity index (χ1v) is 8.30. The standard InChI is InChI=1S/C15H20N4S/c1-20-9-5-3-2-4-8-19-14-10-12(11-16)6-7-13(14)18-15(19)17/h6-7,10H,2-5,8-9H2,1H3,(H2,17,18). The van der Waals surface area contributed by atoms with Gasteiger partial charge in [0.25, 0.3) is 0 Å². The molecule has 1 heterocycles. The van der Waals surface area contributed by atoms with Crippen LogP contribution in [-0.2, 0) is 6.54 Å². The molecule has 0 aliphatic heterocycles. The summed E-state index contributed by atoms with van der Waals surface area (Å²) in [4.78, 5) is 4.34. The Morgan fingerprint density at radius 3 is 2.85 bits per heavy atom. The van der Waals surface area contributed by atoms with Crippen LogP contribution in [-0.4, -0.2) is 21.6 Å². The summed E-state index contributed by atoms with van der Waals surface area (Å²) in [6.07, 6.45) is 6.99. The van der Waals surface area contributed by atoms with Crippen molar-refractivity contribution in [2.24, 2.45) is 0 Å². The van der Waals surface area contributed by atoms with E-state index in [9.17, 15) is 0 Å². The number of aromatic nitrogens is 2. The van der Waals surface area contributed by atoms with Gasteiger partial charge in [0.1, 0.15) is 0 Å². The van der Waals surface area contributed by atoms with E-state index in [2.05, 4.69) is 17.3 Å². The Bertz CT molecular complexity index is 612. The molecule has 0 atom stereocenters. The molecule has 20 heavy (non-hydrogen) atoms. The minimum Gasteiger partial charge on any atom is -0.369 e. The van der Waals surface area contributed by atoms with Crippen LogP contribution in [0.1, 0.15) is 31.2 Å². The van der Waals surface area contributed by atoms with Crippen molar-refractivity contribution in [1.29, 1.82) is 5.26 Å². The summed E-state index contributed by atoms with van der Waals surface area (Å²) in [6, 6.07) is 7.67. The highest BCUT2D eigenvalue weighted by atomic mass is 32.2. The lowest BCUT2D eigenvalue weighted by molar-refractivity contribution is 0.597. The molecule has 5 heteroatoms. The molecule has 0 bridgehead atoms. The molecule has 0 spiro atoms. The Morgan fingerprint density at radius 1 is 1.30 bits per heavy atom. The summed E-state index contributed by atoms with van der Waals surface area (Å²) >= 11 is 1.90. The van der Waals surface area contributed by atoms with Gasteiger partial charge >= 0.3 is 0 Å². The van der Waals surface area contributed by atoms with E-state index in [0.717, 1.165) is 24.0 Å². The number of rotatable bonds is 7. The molecule has 0 saturated carbocycles. The lowest BCUT2D eigenvalue weighted by atomic mass is 10.2. The number of anilines is 1. The van der Waals surface area contributed by atoms with Crippen molar-refractivity contribution >= 4 is 28.7 Å². The van der Waals surface area contributed by atoms with Crippen LogP contribution in [0, 0.1) is 11.3 Å². The van der Waals surface area contributed by atoms with Gasteiger partial charge in [0, 0.05) is 6.54 Å². The van der Waals surface area contributed by atoms with Crippen molar-refractivity contribution in [3.63, 3.8) is 0 Å². The first-order chi connectivity index (χ1) is 9.76. The van der Waals surface area contributed by atoms with Gasteiger partial charge in [-0.25, -0.2) is 4.98 Å². The molecule has 0 saturated heterocycles. The second-order valence-electron chi connectivity index (χ2n) is 4.84. The van der Waals surface area contributed by atoms with Gasteiger partial charge in [-0.15, -0.1) is 0 Å². The highest BCUT2D eigenvalue weighted by Gasteiger charge is 2.08. The number of hydrogen-bond donors (Lipinski definition) is 1. The van der Waals surface area contributed by atoms with Crippen LogP contribution in [0.4, 0.5) is 5.95 Å². The van der Waals surface area contributed by atoms with Crippen molar-refractivity contribution in [2.45, 2.75) is 32.2 Å². The summed E-state index contributed by atoms with van der Waals surface area (Å²) in [5.74, 6) is 1.78. The van der Waals surface area contributed by atoms with Gasteiger partial charge < -0.3 is 10.3 Å². The van der Waals surface area contributed by atoms with Crippen LogP contribution in [0.25, 0.3) is 11.0 Å². The molecule has 0 radical (unpaired) electrons. The first kappa shape index (κ1) is 14.7. The molecule has 106 valence electrons. The van der Waals surface area contributed by atoms with Gasteiger partial charge in [0.05, 0.1) is 22.7 Å². The molecule has 0 aliphatic rings. The molecule has 1 aromatic heterocycles. The zero-order chi connectivity index (χ0) is 14.4. The zero-order valence-corrected chi connectivity index (χ0v) is 12.6. The van der Waals surface area contributed by atoms with Crippen molar-refractivity contribution in [1.82, 2.24) is 9.55 Å². The minimum absolute atomic E-state index is 0.541. The number of benzene rings is 1. The maximum absolute atomic E-state index is 8.98. The number of nitrogens with two attached hydrogens (primary N) is 1. The van der Waals surface area contributed by atoms with Crippen LogP contribution in [0.5, 0.6) is 0 Å². The molecule has 0 unspecified atom stereocenters. The zero-order valence-electron chi connectivity index (χ0n) is 11.8. The van der Waals surface area contributed by atoms with E-state index in [1.807, 2.05) is 28.5 Å². The van der Waals surface area contributed by atoms with E-state index in [1.54, 1.807) is 6.07 Å². The third-order valence-electron chi connectivity index (χ3n) is 3.39. The number of unbranched alkanes of at least 4 members (excludes halogenated alkanes) is 3. The summed E-state index contributed by atoms with van der Waals surface area (Å²) in [7, 11) is 0. The molecule has 2 N–H and O–H groups in total. The van der Waals surface area contributed by atoms with Crippen LogP contribution >= 0.6 is 11.8 Å². The van der Waals surface area contributed by atoms with Gasteiger partial charge in [-0.3, -0.25) is 0 Å². The second kappa shape index (κ2) is 7.20. The van der Waals surface area contributed by atoms with E-state index in [-0.39, 0.29) is 0 Å². The average molecular weight is 288 g/mol. The van der Waals surface area contributed by atoms with Gasteiger partial charge in [-0.1, -0.05) is 12.8 Å². The molecule has 0 amide bonds. The smallest absolute Gasteiger partial charge is 0.201 e. The van der Waals surface area contributed by atoms with E-state index in [1.165, 1.54) is 25.0 Å². The monoisotopic (exact) mass is 288 g/mol. The van der Waals surface area contributed by atoms with E-state index in [4.69, 9.17) is 11.0 Å². The van der Waals surface area contributed by atoms with Crippen LogP contribution in [0.15, 0.2) is 18.2 Å². The highest BCUT2D eigenvalue weighted by Crippen LogP contribution is 2.20. The molecule has 0 aliphatic carbocycles.